The smallest absolute Gasteiger partial charge is 0.254 e. The Hall–Kier alpha value is -2.05. The summed E-state index contributed by atoms with van der Waals surface area (Å²) in [6, 6.07) is 12.3. The summed E-state index contributed by atoms with van der Waals surface area (Å²) in [4.78, 5) is 17.5. The van der Waals surface area contributed by atoms with Crippen LogP contribution in [0.3, 0.4) is 0 Å². The lowest BCUT2D eigenvalue weighted by Crippen LogP contribution is -2.35. The lowest BCUT2D eigenvalue weighted by molar-refractivity contribution is 0.0760. The summed E-state index contributed by atoms with van der Waals surface area (Å²) in [7, 11) is 1.59. The molecule has 0 spiro atoms. The van der Waals surface area contributed by atoms with E-state index in [4.69, 9.17) is 9.47 Å². The van der Waals surface area contributed by atoms with E-state index in [2.05, 4.69) is 52.0 Å². The molecule has 2 aromatic rings. The second-order valence-corrected chi connectivity index (χ2v) is 8.18. The second kappa shape index (κ2) is 10.1. The van der Waals surface area contributed by atoms with E-state index in [-0.39, 0.29) is 5.91 Å². The van der Waals surface area contributed by atoms with Crippen molar-refractivity contribution in [2.45, 2.75) is 26.8 Å². The third-order valence-corrected chi connectivity index (χ3v) is 5.76. The summed E-state index contributed by atoms with van der Waals surface area (Å²) in [6.07, 6.45) is 0.965. The highest BCUT2D eigenvalue weighted by atomic mass is 79.9. The van der Waals surface area contributed by atoms with Crippen LogP contribution in [-0.4, -0.2) is 55.6 Å². The number of carbonyl (C=O) groups excluding carboxylic acids is 1. The van der Waals surface area contributed by atoms with Gasteiger partial charge >= 0.3 is 0 Å². The summed E-state index contributed by atoms with van der Waals surface area (Å²) < 4.78 is 11.8. The van der Waals surface area contributed by atoms with Crippen molar-refractivity contribution in [1.29, 1.82) is 0 Å². The molecule has 0 bridgehead atoms. The van der Waals surface area contributed by atoms with Crippen LogP contribution < -0.4 is 9.47 Å². The van der Waals surface area contributed by atoms with Crippen molar-refractivity contribution >= 4 is 21.8 Å². The van der Waals surface area contributed by atoms with Crippen molar-refractivity contribution in [2.24, 2.45) is 0 Å². The van der Waals surface area contributed by atoms with Crippen molar-refractivity contribution in [3.63, 3.8) is 0 Å². The molecule has 0 radical (unpaired) electrons. The van der Waals surface area contributed by atoms with E-state index < -0.39 is 0 Å². The first-order valence-corrected chi connectivity index (χ1v) is 10.9. The number of rotatable bonds is 6. The number of hydrogen-bond donors (Lipinski definition) is 0. The number of halogens is 1. The van der Waals surface area contributed by atoms with Crippen LogP contribution in [0.2, 0.25) is 0 Å². The first-order chi connectivity index (χ1) is 14.0. The maximum absolute atomic E-state index is 13.1. The fourth-order valence-electron chi connectivity index (χ4n) is 3.59. The van der Waals surface area contributed by atoms with Gasteiger partial charge in [-0.3, -0.25) is 9.69 Å². The molecule has 0 aromatic heterocycles. The van der Waals surface area contributed by atoms with Gasteiger partial charge in [-0.2, -0.15) is 0 Å². The summed E-state index contributed by atoms with van der Waals surface area (Å²) in [6.45, 7) is 8.82. The van der Waals surface area contributed by atoms with Crippen LogP contribution in [0.4, 0.5) is 0 Å². The van der Waals surface area contributed by atoms with Crippen LogP contribution in [0.5, 0.6) is 11.5 Å². The number of hydrogen-bond acceptors (Lipinski definition) is 4. The fourth-order valence-corrected chi connectivity index (χ4v) is 4.15. The van der Waals surface area contributed by atoms with Crippen molar-refractivity contribution in [3.05, 3.63) is 57.6 Å². The third kappa shape index (κ3) is 5.52. The fraction of sp³-hybridized carbons (Fsp3) is 0.435. The Morgan fingerprint density at radius 3 is 2.55 bits per heavy atom. The molecule has 0 N–H and O–H groups in total. The summed E-state index contributed by atoms with van der Waals surface area (Å²) in [5, 5.41) is 0. The molecule has 1 amide bonds. The van der Waals surface area contributed by atoms with Crippen molar-refractivity contribution in [1.82, 2.24) is 9.80 Å². The van der Waals surface area contributed by atoms with Gasteiger partial charge in [-0.05, 0) is 53.9 Å². The molecule has 0 atom stereocenters. The van der Waals surface area contributed by atoms with E-state index in [0.717, 1.165) is 43.6 Å². The third-order valence-electron chi connectivity index (χ3n) is 5.17. The minimum Gasteiger partial charge on any atom is -0.493 e. The zero-order valence-electron chi connectivity index (χ0n) is 17.4. The SMILES string of the molecule is CCOc1c(Br)cc(C(=O)N2CCCN(Cc3ccc(C)cc3)CC2)cc1OC. The Balaban J connectivity index is 1.67. The van der Waals surface area contributed by atoms with Gasteiger partial charge in [0.05, 0.1) is 18.2 Å². The van der Waals surface area contributed by atoms with Gasteiger partial charge in [-0.15, -0.1) is 0 Å². The van der Waals surface area contributed by atoms with Gasteiger partial charge in [0.1, 0.15) is 0 Å². The highest BCUT2D eigenvalue weighted by Gasteiger charge is 2.23. The average molecular weight is 461 g/mol. The van der Waals surface area contributed by atoms with E-state index in [1.807, 2.05) is 17.9 Å². The Morgan fingerprint density at radius 2 is 1.86 bits per heavy atom. The highest BCUT2D eigenvalue weighted by Crippen LogP contribution is 2.37. The standard InChI is InChI=1S/C23H29BrN2O3/c1-4-29-22-20(24)14-19(15-21(22)28-3)23(27)26-11-5-10-25(12-13-26)16-18-8-6-17(2)7-9-18/h6-9,14-15H,4-5,10-13,16H2,1-3H3. The molecule has 2 aromatic carbocycles. The maximum Gasteiger partial charge on any atom is 0.254 e. The number of methoxy groups -OCH3 is 1. The van der Waals surface area contributed by atoms with Crippen LogP contribution in [-0.2, 0) is 6.54 Å². The van der Waals surface area contributed by atoms with E-state index in [0.29, 0.717) is 23.7 Å². The summed E-state index contributed by atoms with van der Waals surface area (Å²) in [5.74, 6) is 1.23. The van der Waals surface area contributed by atoms with Crippen molar-refractivity contribution < 1.29 is 14.3 Å². The van der Waals surface area contributed by atoms with Crippen molar-refractivity contribution in [3.8, 4) is 11.5 Å². The lowest BCUT2D eigenvalue weighted by atomic mass is 10.1. The molecule has 6 heteroatoms. The first-order valence-electron chi connectivity index (χ1n) is 10.1. The predicted molar refractivity (Wildman–Crippen MR) is 119 cm³/mol. The van der Waals surface area contributed by atoms with E-state index in [9.17, 15) is 4.79 Å². The monoisotopic (exact) mass is 460 g/mol. The topological polar surface area (TPSA) is 42.0 Å². The Kier molecular flexibility index (Phi) is 7.56. The Morgan fingerprint density at radius 1 is 1.10 bits per heavy atom. The number of amides is 1. The number of benzene rings is 2. The lowest BCUT2D eigenvalue weighted by Gasteiger charge is -2.23. The summed E-state index contributed by atoms with van der Waals surface area (Å²) in [5.41, 5.74) is 3.21. The molecule has 0 saturated carbocycles. The molecule has 5 nitrogen and oxygen atoms in total. The molecular formula is C23H29BrN2O3. The number of carbonyl (C=O) groups is 1. The highest BCUT2D eigenvalue weighted by molar-refractivity contribution is 9.10. The zero-order valence-corrected chi connectivity index (χ0v) is 19.0. The van der Waals surface area contributed by atoms with Gasteiger partial charge in [0.15, 0.2) is 11.5 Å². The number of ether oxygens (including phenoxy) is 2. The molecule has 1 aliphatic heterocycles. The van der Waals surface area contributed by atoms with Crippen LogP contribution in [0, 0.1) is 6.92 Å². The second-order valence-electron chi connectivity index (χ2n) is 7.33. The van der Waals surface area contributed by atoms with Gasteiger partial charge in [-0.25, -0.2) is 0 Å². The van der Waals surface area contributed by atoms with Gasteiger partial charge in [0.25, 0.3) is 5.91 Å². The van der Waals surface area contributed by atoms with Gasteiger partial charge in [0.2, 0.25) is 0 Å². The molecule has 1 aliphatic rings. The van der Waals surface area contributed by atoms with Crippen LogP contribution in [0.15, 0.2) is 40.9 Å². The molecule has 0 unspecified atom stereocenters. The molecule has 156 valence electrons. The van der Waals surface area contributed by atoms with E-state index in [1.54, 1.807) is 13.2 Å². The first kappa shape index (κ1) is 21.7. The van der Waals surface area contributed by atoms with Crippen LogP contribution in [0.1, 0.15) is 34.8 Å². The molecule has 3 rings (SSSR count). The molecule has 29 heavy (non-hydrogen) atoms. The molecule has 1 saturated heterocycles. The Bertz CT molecular complexity index is 839. The largest absolute Gasteiger partial charge is 0.493 e. The van der Waals surface area contributed by atoms with E-state index >= 15 is 0 Å². The maximum atomic E-state index is 13.1. The minimum atomic E-state index is 0.0317. The van der Waals surface area contributed by atoms with Gasteiger partial charge in [-0.1, -0.05) is 29.8 Å². The Labute approximate surface area is 181 Å². The number of nitrogens with zero attached hydrogens (tertiary/aromatic N) is 2. The van der Waals surface area contributed by atoms with E-state index in [1.165, 1.54) is 11.1 Å². The van der Waals surface area contributed by atoms with Gasteiger partial charge < -0.3 is 14.4 Å². The van der Waals surface area contributed by atoms with Gasteiger partial charge in [0, 0.05) is 38.3 Å². The van der Waals surface area contributed by atoms with Crippen LogP contribution in [0.25, 0.3) is 0 Å². The quantitative estimate of drug-likeness (QED) is 0.635. The normalized spacial score (nSPS) is 15.1. The van der Waals surface area contributed by atoms with Crippen LogP contribution >= 0.6 is 15.9 Å². The molecule has 1 heterocycles. The average Bonchev–Trinajstić information content (AvgIpc) is 2.96. The molecule has 1 fully saturated rings. The minimum absolute atomic E-state index is 0.0317. The predicted octanol–water partition coefficient (Wildman–Crippen LogP) is 4.51. The number of aryl methyl sites for hydroxylation is 1. The zero-order chi connectivity index (χ0) is 20.8. The molecular weight excluding hydrogens is 432 g/mol. The summed E-state index contributed by atoms with van der Waals surface area (Å²) >= 11 is 3.52. The van der Waals surface area contributed by atoms with Crippen molar-refractivity contribution in [2.75, 3.05) is 39.9 Å². The molecule has 0 aliphatic carbocycles.